The molecule has 0 N–H and O–H groups in total. The van der Waals surface area contributed by atoms with Gasteiger partial charge in [-0.3, -0.25) is 14.4 Å². The van der Waals surface area contributed by atoms with Gasteiger partial charge in [0.2, 0.25) is 0 Å². The normalized spacial score (nSPS) is 12.0. The summed E-state index contributed by atoms with van der Waals surface area (Å²) in [5.41, 5.74) is 0. The van der Waals surface area contributed by atoms with Gasteiger partial charge < -0.3 is 14.2 Å². The highest BCUT2D eigenvalue weighted by Gasteiger charge is 2.19. The van der Waals surface area contributed by atoms with Crippen molar-refractivity contribution in [1.82, 2.24) is 0 Å². The summed E-state index contributed by atoms with van der Waals surface area (Å²) in [6, 6.07) is 0. The Morgan fingerprint density at radius 3 is 0.662 bits per heavy atom. The first kappa shape index (κ1) is 72.4. The zero-order chi connectivity index (χ0) is 53.9. The number of hydrogen-bond acceptors (Lipinski definition) is 6. The summed E-state index contributed by atoms with van der Waals surface area (Å²) in [5, 5.41) is 0. The summed E-state index contributed by atoms with van der Waals surface area (Å²) in [5.74, 6) is 0.881. The van der Waals surface area contributed by atoms with E-state index in [0.717, 1.165) is 69.6 Å². The van der Waals surface area contributed by atoms with E-state index in [4.69, 9.17) is 14.2 Å². The number of hydrogen-bond donors (Lipinski definition) is 0. The summed E-state index contributed by atoms with van der Waals surface area (Å²) in [7, 11) is 0. The van der Waals surface area contributed by atoms with Crippen LogP contribution in [0.25, 0.3) is 0 Å². The molecule has 0 saturated heterocycles. The van der Waals surface area contributed by atoms with Crippen LogP contribution in [-0.4, -0.2) is 37.2 Å². The Labute approximate surface area is 463 Å². The van der Waals surface area contributed by atoms with Crippen LogP contribution in [-0.2, 0) is 28.6 Å². The molecule has 0 saturated carbocycles. The highest BCUT2D eigenvalue weighted by molar-refractivity contribution is 5.71. The maximum atomic E-state index is 12.9. The second kappa shape index (κ2) is 60.6. The first-order valence-corrected chi connectivity index (χ1v) is 33.7. The molecule has 0 aromatic heterocycles. The fourth-order valence-electron chi connectivity index (χ4n) is 10.6. The Morgan fingerprint density at radius 2 is 0.446 bits per heavy atom. The lowest BCUT2D eigenvalue weighted by molar-refractivity contribution is -0.167. The second-order valence-electron chi connectivity index (χ2n) is 24.4. The van der Waals surface area contributed by atoms with Gasteiger partial charge in [-0.2, -0.15) is 0 Å². The number of carbonyl (C=O) groups is 3. The van der Waals surface area contributed by atoms with E-state index in [0.29, 0.717) is 19.3 Å². The minimum absolute atomic E-state index is 0.0614. The van der Waals surface area contributed by atoms with Gasteiger partial charge in [-0.25, -0.2) is 0 Å². The molecule has 0 aliphatic heterocycles. The van der Waals surface area contributed by atoms with Crippen LogP contribution < -0.4 is 0 Å². The Bertz CT molecular complexity index is 1140. The van der Waals surface area contributed by atoms with Gasteiger partial charge >= 0.3 is 17.9 Å². The van der Waals surface area contributed by atoms with Crippen molar-refractivity contribution in [3.8, 4) is 0 Å². The molecule has 0 radical (unpaired) electrons. The topological polar surface area (TPSA) is 78.9 Å². The Balaban J connectivity index is 4.28. The van der Waals surface area contributed by atoms with E-state index in [-0.39, 0.29) is 31.1 Å². The van der Waals surface area contributed by atoms with E-state index >= 15 is 0 Å². The molecule has 0 rings (SSSR count). The summed E-state index contributed by atoms with van der Waals surface area (Å²) in [6.45, 7) is 11.5. The van der Waals surface area contributed by atoms with Gasteiger partial charge in [-0.05, 0) is 31.1 Å². The fourth-order valence-corrected chi connectivity index (χ4v) is 10.6. The van der Waals surface area contributed by atoms with Crippen LogP contribution in [0.4, 0.5) is 0 Å². The molecule has 0 aromatic rings. The first-order chi connectivity index (χ1) is 36.2. The molecular weight excluding hydrogens is 913 g/mol. The molecule has 1 atom stereocenters. The van der Waals surface area contributed by atoms with Crippen molar-refractivity contribution in [3.63, 3.8) is 0 Å². The highest BCUT2D eigenvalue weighted by atomic mass is 16.6. The molecule has 0 amide bonds. The molecule has 0 fully saturated rings. The molecule has 440 valence electrons. The van der Waals surface area contributed by atoms with Crippen LogP contribution in [0, 0.1) is 11.8 Å². The zero-order valence-corrected chi connectivity index (χ0v) is 51.0. The van der Waals surface area contributed by atoms with Crippen LogP contribution >= 0.6 is 0 Å². The van der Waals surface area contributed by atoms with Crippen LogP contribution in [0.15, 0.2) is 0 Å². The van der Waals surface area contributed by atoms with Crippen molar-refractivity contribution in [2.45, 2.75) is 394 Å². The number of carbonyl (C=O) groups excluding carboxylic acids is 3. The maximum absolute atomic E-state index is 12.9. The summed E-state index contributed by atoms with van der Waals surface area (Å²) in [4.78, 5) is 38.4. The predicted octanol–water partition coefficient (Wildman–Crippen LogP) is 22.8. The Kier molecular flexibility index (Phi) is 59.3. The third kappa shape index (κ3) is 61.3. The van der Waals surface area contributed by atoms with Crippen molar-refractivity contribution in [2.24, 2.45) is 11.8 Å². The van der Waals surface area contributed by atoms with Gasteiger partial charge in [0, 0.05) is 19.3 Å². The second-order valence-corrected chi connectivity index (χ2v) is 24.4. The number of esters is 3. The molecule has 0 aliphatic carbocycles. The maximum Gasteiger partial charge on any atom is 0.306 e. The standard InChI is InChI=1S/C68H132O6/c1-6-7-8-9-10-11-12-13-14-17-23-28-33-38-43-48-53-58-66(69)72-61-65(62-73-67(70)59-54-49-44-39-34-29-25-20-22-27-32-37-42-47-52-57-64(4)5)74-68(71)60-55-50-45-40-35-30-24-19-16-15-18-21-26-31-36-41-46-51-56-63(2)3/h63-65H,6-62H2,1-5H3/t65-/m0/s1. The van der Waals surface area contributed by atoms with Crippen LogP contribution in [0.2, 0.25) is 0 Å². The van der Waals surface area contributed by atoms with Crippen LogP contribution in [0.5, 0.6) is 0 Å². The fraction of sp³-hybridized carbons (Fsp3) is 0.956. The minimum Gasteiger partial charge on any atom is -0.462 e. The average molecular weight is 1050 g/mol. The number of rotatable bonds is 62. The lowest BCUT2D eigenvalue weighted by atomic mass is 10.0. The van der Waals surface area contributed by atoms with Crippen molar-refractivity contribution in [1.29, 1.82) is 0 Å². The molecule has 0 unspecified atom stereocenters. The quantitative estimate of drug-likeness (QED) is 0.0343. The van der Waals surface area contributed by atoms with Crippen molar-refractivity contribution >= 4 is 17.9 Å². The molecule has 0 aliphatic rings. The minimum atomic E-state index is -0.764. The molecule has 74 heavy (non-hydrogen) atoms. The monoisotopic (exact) mass is 1050 g/mol. The lowest BCUT2D eigenvalue weighted by Gasteiger charge is -2.18. The Hall–Kier alpha value is -1.59. The van der Waals surface area contributed by atoms with E-state index < -0.39 is 6.10 Å². The van der Waals surface area contributed by atoms with Crippen molar-refractivity contribution in [3.05, 3.63) is 0 Å². The summed E-state index contributed by atoms with van der Waals surface area (Å²) in [6.07, 6.45) is 68.2. The van der Waals surface area contributed by atoms with E-state index in [1.807, 2.05) is 0 Å². The van der Waals surface area contributed by atoms with E-state index in [2.05, 4.69) is 34.6 Å². The molecule has 6 nitrogen and oxygen atoms in total. The lowest BCUT2D eigenvalue weighted by Crippen LogP contribution is -2.30. The zero-order valence-electron chi connectivity index (χ0n) is 51.0. The van der Waals surface area contributed by atoms with Crippen molar-refractivity contribution < 1.29 is 28.6 Å². The van der Waals surface area contributed by atoms with Gasteiger partial charge in [0.15, 0.2) is 6.10 Å². The molecular formula is C68H132O6. The molecule has 0 bridgehead atoms. The van der Waals surface area contributed by atoms with Gasteiger partial charge in [0.1, 0.15) is 13.2 Å². The molecule has 0 spiro atoms. The molecule has 0 heterocycles. The smallest absolute Gasteiger partial charge is 0.306 e. The summed E-state index contributed by atoms with van der Waals surface area (Å²) >= 11 is 0. The van der Waals surface area contributed by atoms with Gasteiger partial charge in [0.05, 0.1) is 0 Å². The number of ether oxygens (including phenoxy) is 3. The van der Waals surface area contributed by atoms with E-state index in [1.165, 1.54) is 276 Å². The van der Waals surface area contributed by atoms with Gasteiger partial charge in [0.25, 0.3) is 0 Å². The van der Waals surface area contributed by atoms with Gasteiger partial charge in [-0.1, -0.05) is 349 Å². The molecule has 0 aromatic carbocycles. The van der Waals surface area contributed by atoms with Gasteiger partial charge in [-0.15, -0.1) is 0 Å². The predicted molar refractivity (Wildman–Crippen MR) is 321 cm³/mol. The summed E-state index contributed by atoms with van der Waals surface area (Å²) < 4.78 is 17.0. The average Bonchev–Trinajstić information content (AvgIpc) is 3.38. The third-order valence-corrected chi connectivity index (χ3v) is 15.7. The van der Waals surface area contributed by atoms with E-state index in [9.17, 15) is 14.4 Å². The van der Waals surface area contributed by atoms with Crippen LogP contribution in [0.1, 0.15) is 388 Å². The highest BCUT2D eigenvalue weighted by Crippen LogP contribution is 2.19. The number of unbranched alkanes of at least 4 members (excludes halogenated alkanes) is 47. The SMILES string of the molecule is CCCCCCCCCCCCCCCCCCCC(=O)OC[C@@H](COC(=O)CCCCCCCCCCCCCCCCCC(C)C)OC(=O)CCCCCCCCCCCCCCCCCCCCC(C)C. The van der Waals surface area contributed by atoms with E-state index in [1.54, 1.807) is 0 Å². The van der Waals surface area contributed by atoms with Crippen LogP contribution in [0.3, 0.4) is 0 Å². The largest absolute Gasteiger partial charge is 0.462 e. The van der Waals surface area contributed by atoms with Crippen molar-refractivity contribution in [2.75, 3.05) is 13.2 Å². The Morgan fingerprint density at radius 1 is 0.257 bits per heavy atom. The first-order valence-electron chi connectivity index (χ1n) is 33.7. The third-order valence-electron chi connectivity index (χ3n) is 15.7. The molecule has 6 heteroatoms.